The van der Waals surface area contributed by atoms with Crippen molar-refractivity contribution >= 4 is 70.6 Å². The minimum absolute atomic E-state index is 0.0122. The molecule has 89 heavy (non-hydrogen) atoms. The number of rotatable bonds is 52. The molecule has 1 aromatic rings. The number of unbranched alkanes of at least 4 members (excludes halogenated alkanes) is 13. The maximum atomic E-state index is 14.6. The molecule has 0 heterocycles. The van der Waals surface area contributed by atoms with E-state index in [0.717, 1.165) is 32.6 Å². The van der Waals surface area contributed by atoms with Crippen molar-refractivity contribution < 1.29 is 68.4 Å². The van der Waals surface area contributed by atoms with E-state index in [2.05, 4.69) is 43.5 Å². The Morgan fingerprint density at radius 1 is 0.494 bits per heavy atom. The van der Waals surface area contributed by atoms with Crippen LogP contribution >= 0.6 is 0 Å². The van der Waals surface area contributed by atoms with Crippen LogP contribution in [0.2, 0.25) is 0 Å². The Kier molecular flexibility index (Phi) is 41.6. The SMILES string of the molecule is CCCCCCCCCCCCCCCCC(N)C(=O)N[C@H](C(=O)N[C@H](C(=O)C[C@@H](Cc1ccccc1)C(=O)N[C@@H](CCCN=C(N)N)C(=O)C[C@@H](CO)C(=O)N[C@@H](CO)C(=O)C[C@@H](CCCN=C(N)N)C(=O)N[C@@H](CCC(=O)O)C(C)=O)C(C)C)[C@@H](C)O. The van der Waals surface area contributed by atoms with Gasteiger partial charge in [-0.25, -0.2) is 0 Å². The first-order valence-corrected chi connectivity index (χ1v) is 31.9. The van der Waals surface area contributed by atoms with Crippen LogP contribution in [0.15, 0.2) is 40.3 Å². The van der Waals surface area contributed by atoms with E-state index < -0.39 is 164 Å². The summed E-state index contributed by atoms with van der Waals surface area (Å²) in [6, 6.07) is 0.802. The molecule has 26 nitrogen and oxygen atoms in total. The summed E-state index contributed by atoms with van der Waals surface area (Å²) in [5.41, 5.74) is 28.8. The first-order valence-electron chi connectivity index (χ1n) is 31.9. The van der Waals surface area contributed by atoms with E-state index in [0.29, 0.717) is 18.4 Å². The molecule has 19 N–H and O–H groups in total. The van der Waals surface area contributed by atoms with Crippen molar-refractivity contribution in [2.45, 2.75) is 237 Å². The normalized spacial score (nSPS) is 14.6. The number of amides is 5. The van der Waals surface area contributed by atoms with Crippen molar-refractivity contribution in [3.8, 4) is 0 Å². The molecule has 0 aliphatic heterocycles. The molecule has 1 aromatic carbocycles. The third kappa shape index (κ3) is 35.2. The molecule has 504 valence electrons. The third-order valence-corrected chi connectivity index (χ3v) is 15.6. The number of carbonyl (C=O) groups excluding carboxylic acids is 9. The number of guanidine groups is 2. The van der Waals surface area contributed by atoms with Crippen LogP contribution in [0.3, 0.4) is 0 Å². The zero-order chi connectivity index (χ0) is 66.8. The molecule has 5 amide bonds. The number of nitrogens with zero attached hydrogens (tertiary/aromatic N) is 2. The van der Waals surface area contributed by atoms with Gasteiger partial charge in [-0.05, 0) is 70.3 Å². The van der Waals surface area contributed by atoms with Crippen LogP contribution in [0.1, 0.15) is 194 Å². The molecule has 10 atom stereocenters. The summed E-state index contributed by atoms with van der Waals surface area (Å²) < 4.78 is 0. The number of carboxylic acids is 1. The summed E-state index contributed by atoms with van der Waals surface area (Å²) >= 11 is 0. The van der Waals surface area contributed by atoms with Gasteiger partial charge in [0.1, 0.15) is 12.1 Å². The van der Waals surface area contributed by atoms with Gasteiger partial charge in [-0.15, -0.1) is 0 Å². The maximum Gasteiger partial charge on any atom is 0.303 e. The fraction of sp³-hybridized carbons (Fsp3) is 0.714. The minimum Gasteiger partial charge on any atom is -0.481 e. The Bertz CT molecular complexity index is 2380. The number of hydrogen-bond acceptors (Lipinski definition) is 16. The van der Waals surface area contributed by atoms with Crippen LogP contribution in [-0.4, -0.2) is 160 Å². The first kappa shape index (κ1) is 80.1. The van der Waals surface area contributed by atoms with E-state index >= 15 is 0 Å². The van der Waals surface area contributed by atoms with Crippen LogP contribution in [0.25, 0.3) is 0 Å². The summed E-state index contributed by atoms with van der Waals surface area (Å²) in [6.07, 6.45) is 13.1. The Labute approximate surface area is 525 Å². The van der Waals surface area contributed by atoms with Gasteiger partial charge >= 0.3 is 5.97 Å². The second-order valence-electron chi connectivity index (χ2n) is 23.7. The number of nitrogens with two attached hydrogens (primary N) is 5. The van der Waals surface area contributed by atoms with Crippen molar-refractivity contribution in [1.29, 1.82) is 0 Å². The molecular formula is C63H108N12O14. The van der Waals surface area contributed by atoms with Gasteiger partial charge in [0.15, 0.2) is 35.1 Å². The fourth-order valence-corrected chi connectivity index (χ4v) is 10.2. The molecule has 0 aliphatic carbocycles. The molecule has 1 unspecified atom stereocenters. The number of hydrogen-bond donors (Lipinski definition) is 14. The Balaban J connectivity index is 3.29. The molecular weight excluding hydrogens is 1150 g/mol. The first-order chi connectivity index (χ1) is 42.3. The van der Waals surface area contributed by atoms with Gasteiger partial charge in [0.2, 0.25) is 29.5 Å². The Morgan fingerprint density at radius 2 is 0.955 bits per heavy atom. The molecule has 0 bridgehead atoms. The van der Waals surface area contributed by atoms with E-state index in [1.165, 1.54) is 64.7 Å². The predicted molar refractivity (Wildman–Crippen MR) is 340 cm³/mol. The number of ketones is 4. The standard InChI is InChI=1S/C63H108N12O14/c1-6-7-8-9-10-11-12-13-14-15-16-17-18-22-28-47(64)60(88)75-56(42(5)79)61(89)74-55(40(2)3)53(82)36-45(34-43-25-20-19-21-26-43)58(86)72-49(29-24-33-70-63(67)68)51(80)37-46(38-76)59(87)73-50(39-77)52(81)35-44(27-23-32-69-62(65)66)57(85)71-48(41(4)78)30-31-54(83)84/h19-21,25-26,40,42,44-50,55-56,76-77,79H,6-18,22-24,27-39,64H2,1-5H3,(H,71,85)(H,72,86)(H,73,87)(H,74,89)(H,75,88)(H,83,84)(H4,65,66,69)(H4,67,68,70)/t42-,44-,45-,46+,47?,48+,49+,50+,55+,56+/m1/s1. The number of aliphatic hydroxyl groups is 3. The number of carboxylic acid groups (broad SMARTS) is 1. The molecule has 0 saturated heterocycles. The molecule has 0 aliphatic rings. The monoisotopic (exact) mass is 1260 g/mol. The maximum absolute atomic E-state index is 14.6. The molecule has 1 rings (SSSR count). The van der Waals surface area contributed by atoms with Crippen LogP contribution in [0.5, 0.6) is 0 Å². The van der Waals surface area contributed by atoms with Gasteiger partial charge in [-0.2, -0.15) is 0 Å². The lowest BCUT2D eigenvalue weighted by atomic mass is 9.87. The smallest absolute Gasteiger partial charge is 0.303 e. The highest BCUT2D eigenvalue weighted by Gasteiger charge is 2.37. The van der Waals surface area contributed by atoms with E-state index in [-0.39, 0.29) is 63.5 Å². The van der Waals surface area contributed by atoms with E-state index in [1.807, 2.05) is 0 Å². The minimum atomic E-state index is -1.66. The largest absolute Gasteiger partial charge is 0.481 e. The zero-order valence-corrected chi connectivity index (χ0v) is 53.4. The summed E-state index contributed by atoms with van der Waals surface area (Å²) in [7, 11) is 0. The molecule has 0 spiro atoms. The zero-order valence-electron chi connectivity index (χ0n) is 53.4. The summed E-state index contributed by atoms with van der Waals surface area (Å²) in [4.78, 5) is 143. The molecule has 0 saturated carbocycles. The van der Waals surface area contributed by atoms with E-state index in [9.17, 15) is 63.3 Å². The lowest BCUT2D eigenvalue weighted by molar-refractivity contribution is -0.138. The van der Waals surface area contributed by atoms with Crippen LogP contribution < -0.4 is 55.3 Å². The van der Waals surface area contributed by atoms with Gasteiger partial charge in [0.05, 0.1) is 49.4 Å². The summed E-state index contributed by atoms with van der Waals surface area (Å²) in [5.74, 6) is -13.0. The third-order valence-electron chi connectivity index (χ3n) is 15.6. The lowest BCUT2D eigenvalue weighted by Gasteiger charge is -2.28. The second-order valence-corrected chi connectivity index (χ2v) is 23.7. The van der Waals surface area contributed by atoms with Gasteiger partial charge in [-0.3, -0.25) is 57.9 Å². The van der Waals surface area contributed by atoms with Gasteiger partial charge in [0, 0.05) is 50.6 Å². The number of benzene rings is 1. The van der Waals surface area contributed by atoms with Crippen LogP contribution in [0, 0.1) is 23.7 Å². The van der Waals surface area contributed by atoms with Gasteiger partial charge in [-0.1, -0.05) is 141 Å². The highest BCUT2D eigenvalue weighted by atomic mass is 16.4. The second kappa shape index (κ2) is 46.2. The highest BCUT2D eigenvalue weighted by molar-refractivity contribution is 5.98. The summed E-state index contributed by atoms with van der Waals surface area (Å²) in [6.45, 7) is 6.18. The quantitative estimate of drug-likeness (QED) is 0.0252. The van der Waals surface area contributed by atoms with Crippen molar-refractivity contribution in [1.82, 2.24) is 26.6 Å². The highest BCUT2D eigenvalue weighted by Crippen LogP contribution is 2.21. The van der Waals surface area contributed by atoms with Crippen molar-refractivity contribution in [2.75, 3.05) is 26.3 Å². The Morgan fingerprint density at radius 3 is 1.45 bits per heavy atom. The van der Waals surface area contributed by atoms with E-state index in [1.54, 1.807) is 44.2 Å². The average molecular weight is 1260 g/mol. The average Bonchev–Trinajstić information content (AvgIpc) is 3.69. The molecule has 0 aromatic heterocycles. The number of carbonyl (C=O) groups is 10. The topological polar surface area (TPSA) is 467 Å². The number of aliphatic imine (C=N–C) groups is 2. The van der Waals surface area contributed by atoms with Crippen LogP contribution in [0.4, 0.5) is 0 Å². The lowest BCUT2D eigenvalue weighted by Crippen LogP contribution is -2.59. The molecule has 0 fully saturated rings. The number of nitrogens with one attached hydrogen (secondary N) is 5. The summed E-state index contributed by atoms with van der Waals surface area (Å²) in [5, 5.41) is 53.5. The van der Waals surface area contributed by atoms with Crippen LogP contribution in [-0.2, 0) is 54.4 Å². The number of aliphatic hydroxyl groups excluding tert-OH is 3. The number of Topliss-reactive ketones (excluding diaryl/α,β-unsaturated/α-hetero) is 4. The van der Waals surface area contributed by atoms with Gasteiger partial charge < -0.3 is 75.7 Å². The molecule has 0 radical (unpaired) electrons. The molecule has 26 heteroatoms. The van der Waals surface area contributed by atoms with Crippen molar-refractivity contribution in [2.24, 2.45) is 62.3 Å². The van der Waals surface area contributed by atoms with Gasteiger partial charge in [0.25, 0.3) is 0 Å². The fourth-order valence-electron chi connectivity index (χ4n) is 10.2. The van der Waals surface area contributed by atoms with E-state index in [4.69, 9.17) is 33.8 Å². The number of aliphatic carboxylic acids is 1. The van der Waals surface area contributed by atoms with Crippen molar-refractivity contribution in [3.63, 3.8) is 0 Å². The Hall–Kier alpha value is -6.90. The van der Waals surface area contributed by atoms with Crippen molar-refractivity contribution in [3.05, 3.63) is 35.9 Å². The predicted octanol–water partition coefficient (Wildman–Crippen LogP) is 2.16.